The lowest BCUT2D eigenvalue weighted by atomic mass is 10.3. The van der Waals surface area contributed by atoms with Crippen molar-refractivity contribution in [2.24, 2.45) is 0 Å². The van der Waals surface area contributed by atoms with E-state index in [9.17, 15) is 4.79 Å². The zero-order valence-electron chi connectivity index (χ0n) is 8.27. The molecule has 0 amide bonds. The number of carboxylic acid groups (broad SMARTS) is 1. The highest BCUT2D eigenvalue weighted by atomic mass is 16.4. The van der Waals surface area contributed by atoms with Crippen molar-refractivity contribution in [3.05, 3.63) is 29.6 Å². The van der Waals surface area contributed by atoms with E-state index >= 15 is 0 Å². The third-order valence-electron chi connectivity index (χ3n) is 2.20. The van der Waals surface area contributed by atoms with Gasteiger partial charge in [-0.3, -0.25) is 9.20 Å². The Kier molecular flexibility index (Phi) is 2.07. The number of aryl methyl sites for hydroxylation is 1. The van der Waals surface area contributed by atoms with Crippen LogP contribution in [0.15, 0.2) is 18.3 Å². The van der Waals surface area contributed by atoms with Crippen LogP contribution >= 0.6 is 0 Å². The van der Waals surface area contributed by atoms with Crippen LogP contribution < -0.4 is 5.73 Å². The normalized spacial score (nSPS) is 10.7. The van der Waals surface area contributed by atoms with Gasteiger partial charge in [0, 0.05) is 6.20 Å². The number of carboxylic acids is 1. The summed E-state index contributed by atoms with van der Waals surface area (Å²) in [6.45, 7) is 1.94. The van der Waals surface area contributed by atoms with E-state index in [1.54, 1.807) is 4.40 Å². The molecule has 0 saturated heterocycles. The summed E-state index contributed by atoms with van der Waals surface area (Å²) in [6, 6.07) is 3.73. The first-order valence-electron chi connectivity index (χ1n) is 4.53. The third kappa shape index (κ3) is 1.63. The van der Waals surface area contributed by atoms with Gasteiger partial charge in [0.05, 0.1) is 12.1 Å². The summed E-state index contributed by atoms with van der Waals surface area (Å²) in [6.07, 6.45) is 1.69. The predicted molar refractivity (Wildman–Crippen MR) is 55.7 cm³/mol. The van der Waals surface area contributed by atoms with Gasteiger partial charge in [-0.05, 0) is 18.6 Å². The minimum atomic E-state index is -0.929. The summed E-state index contributed by atoms with van der Waals surface area (Å²) in [4.78, 5) is 14.7. The Bertz CT molecular complexity index is 531. The van der Waals surface area contributed by atoms with E-state index in [4.69, 9.17) is 10.8 Å². The molecule has 0 aromatic carbocycles. The fraction of sp³-hybridized carbons (Fsp3) is 0.200. The molecule has 0 aliphatic heterocycles. The molecule has 2 rings (SSSR count). The number of hydrogen-bond acceptors (Lipinski definition) is 3. The van der Waals surface area contributed by atoms with E-state index in [0.29, 0.717) is 17.2 Å². The smallest absolute Gasteiger partial charge is 0.309 e. The molecule has 0 atom stereocenters. The van der Waals surface area contributed by atoms with Gasteiger partial charge in [-0.25, -0.2) is 4.98 Å². The molecular formula is C10H11N3O2. The summed E-state index contributed by atoms with van der Waals surface area (Å²) in [7, 11) is 0. The van der Waals surface area contributed by atoms with Gasteiger partial charge in [0.25, 0.3) is 0 Å². The van der Waals surface area contributed by atoms with Crippen molar-refractivity contribution in [2.45, 2.75) is 13.3 Å². The van der Waals surface area contributed by atoms with Crippen LogP contribution in [0, 0.1) is 6.92 Å². The van der Waals surface area contributed by atoms with Crippen LogP contribution in [0.1, 0.15) is 11.3 Å². The average Bonchev–Trinajstić information content (AvgIpc) is 2.44. The molecule has 0 unspecified atom stereocenters. The Hall–Kier alpha value is -2.04. The standard InChI is InChI=1S/C10H11N3O2/c1-6-2-3-8-12-7(4-9(14)15)10(11)13(8)5-6/h2-3,5H,4,11H2,1H3,(H,14,15). The first-order valence-corrected chi connectivity index (χ1v) is 4.53. The summed E-state index contributed by atoms with van der Waals surface area (Å²) >= 11 is 0. The molecule has 15 heavy (non-hydrogen) atoms. The van der Waals surface area contributed by atoms with E-state index in [0.717, 1.165) is 5.56 Å². The zero-order chi connectivity index (χ0) is 11.0. The lowest BCUT2D eigenvalue weighted by molar-refractivity contribution is -0.136. The average molecular weight is 205 g/mol. The molecule has 0 bridgehead atoms. The number of imidazole rings is 1. The van der Waals surface area contributed by atoms with Crippen LogP contribution in [0.4, 0.5) is 5.82 Å². The Morgan fingerprint density at radius 3 is 3.00 bits per heavy atom. The van der Waals surface area contributed by atoms with Crippen LogP contribution in [0.25, 0.3) is 5.65 Å². The molecule has 3 N–H and O–H groups in total. The molecule has 78 valence electrons. The van der Waals surface area contributed by atoms with Gasteiger partial charge >= 0.3 is 5.97 Å². The van der Waals surface area contributed by atoms with E-state index in [1.165, 1.54) is 0 Å². The van der Waals surface area contributed by atoms with Crippen LogP contribution in [0.3, 0.4) is 0 Å². The number of pyridine rings is 1. The van der Waals surface area contributed by atoms with Crippen LogP contribution in [0.5, 0.6) is 0 Å². The van der Waals surface area contributed by atoms with Crippen molar-refractivity contribution in [2.75, 3.05) is 5.73 Å². The van der Waals surface area contributed by atoms with E-state index in [-0.39, 0.29) is 6.42 Å². The van der Waals surface area contributed by atoms with Gasteiger partial charge in [-0.15, -0.1) is 0 Å². The number of aliphatic carboxylic acids is 1. The van der Waals surface area contributed by atoms with E-state index in [2.05, 4.69) is 4.98 Å². The minimum absolute atomic E-state index is 0.146. The highest BCUT2D eigenvalue weighted by molar-refractivity contribution is 5.72. The maximum absolute atomic E-state index is 10.6. The highest BCUT2D eigenvalue weighted by Crippen LogP contribution is 2.16. The Morgan fingerprint density at radius 1 is 1.60 bits per heavy atom. The molecular weight excluding hydrogens is 194 g/mol. The summed E-state index contributed by atoms with van der Waals surface area (Å²) in [5.41, 5.74) is 7.93. The molecule has 2 aromatic heterocycles. The van der Waals surface area contributed by atoms with Crippen molar-refractivity contribution in [1.29, 1.82) is 0 Å². The number of fused-ring (bicyclic) bond motifs is 1. The Morgan fingerprint density at radius 2 is 2.33 bits per heavy atom. The molecule has 2 aromatic rings. The second kappa shape index (κ2) is 3.27. The number of carbonyl (C=O) groups is 1. The number of hydrogen-bond donors (Lipinski definition) is 2. The second-order valence-corrected chi connectivity index (χ2v) is 3.45. The van der Waals surface area contributed by atoms with Gasteiger partial charge < -0.3 is 10.8 Å². The van der Waals surface area contributed by atoms with Crippen LogP contribution in [0.2, 0.25) is 0 Å². The molecule has 0 spiro atoms. The molecule has 2 heterocycles. The van der Waals surface area contributed by atoms with Gasteiger partial charge in [0.2, 0.25) is 0 Å². The van der Waals surface area contributed by atoms with Crippen molar-refractivity contribution < 1.29 is 9.90 Å². The number of nitrogen functional groups attached to an aromatic ring is 1. The SMILES string of the molecule is Cc1ccc2nc(CC(=O)O)c(N)n2c1. The molecule has 0 aliphatic carbocycles. The van der Waals surface area contributed by atoms with Crippen molar-refractivity contribution >= 4 is 17.4 Å². The largest absolute Gasteiger partial charge is 0.481 e. The molecule has 0 saturated carbocycles. The first-order chi connectivity index (χ1) is 7.08. The molecule has 5 heteroatoms. The number of nitrogens with two attached hydrogens (primary N) is 1. The highest BCUT2D eigenvalue weighted by Gasteiger charge is 2.11. The topological polar surface area (TPSA) is 80.6 Å². The molecule has 0 fully saturated rings. The molecule has 0 aliphatic rings. The summed E-state index contributed by atoms with van der Waals surface area (Å²) < 4.78 is 1.70. The maximum atomic E-state index is 10.6. The molecule has 5 nitrogen and oxygen atoms in total. The summed E-state index contributed by atoms with van der Waals surface area (Å²) in [5, 5.41) is 8.67. The fourth-order valence-corrected chi connectivity index (χ4v) is 1.49. The maximum Gasteiger partial charge on any atom is 0.309 e. The monoisotopic (exact) mass is 205 g/mol. The fourth-order valence-electron chi connectivity index (χ4n) is 1.49. The van der Waals surface area contributed by atoms with Gasteiger partial charge in [-0.2, -0.15) is 0 Å². The molecule has 0 radical (unpaired) electrons. The Labute approximate surface area is 86.2 Å². The number of anilines is 1. The predicted octanol–water partition coefficient (Wildman–Crippen LogP) is 0.852. The number of rotatable bonds is 2. The van der Waals surface area contributed by atoms with Gasteiger partial charge in [0.15, 0.2) is 0 Å². The third-order valence-corrected chi connectivity index (χ3v) is 2.20. The zero-order valence-corrected chi connectivity index (χ0v) is 8.27. The van der Waals surface area contributed by atoms with E-state index < -0.39 is 5.97 Å². The lowest BCUT2D eigenvalue weighted by Gasteiger charge is -1.97. The van der Waals surface area contributed by atoms with Crippen LogP contribution in [-0.4, -0.2) is 20.5 Å². The van der Waals surface area contributed by atoms with Crippen LogP contribution in [-0.2, 0) is 11.2 Å². The van der Waals surface area contributed by atoms with E-state index in [1.807, 2.05) is 25.3 Å². The van der Waals surface area contributed by atoms with Crippen molar-refractivity contribution in [3.8, 4) is 0 Å². The van der Waals surface area contributed by atoms with Gasteiger partial charge in [-0.1, -0.05) is 6.07 Å². The first kappa shape index (κ1) is 9.51. The van der Waals surface area contributed by atoms with Gasteiger partial charge in [0.1, 0.15) is 11.5 Å². The van der Waals surface area contributed by atoms with Crippen molar-refractivity contribution in [1.82, 2.24) is 9.38 Å². The second-order valence-electron chi connectivity index (χ2n) is 3.45. The number of aromatic nitrogens is 2. The van der Waals surface area contributed by atoms with Crippen molar-refractivity contribution in [3.63, 3.8) is 0 Å². The quantitative estimate of drug-likeness (QED) is 0.761. The lowest BCUT2D eigenvalue weighted by Crippen LogP contribution is -2.03. The number of nitrogens with zero attached hydrogens (tertiary/aromatic N) is 2. The minimum Gasteiger partial charge on any atom is -0.481 e. The summed E-state index contributed by atoms with van der Waals surface area (Å²) in [5.74, 6) is -0.530. The Balaban J connectivity index is 2.59.